The van der Waals surface area contributed by atoms with Gasteiger partial charge in [0.05, 0.1) is 12.8 Å². The molecule has 0 radical (unpaired) electrons. The number of hydrogen-bond acceptors (Lipinski definition) is 4. The van der Waals surface area contributed by atoms with Crippen LogP contribution in [0.2, 0.25) is 0 Å². The molecule has 2 aromatic rings. The molecule has 0 bridgehead atoms. The van der Waals surface area contributed by atoms with E-state index in [1.807, 2.05) is 58.2 Å². The zero-order valence-corrected chi connectivity index (χ0v) is 13.2. The van der Waals surface area contributed by atoms with Gasteiger partial charge in [0.1, 0.15) is 0 Å². The predicted molar refractivity (Wildman–Crippen MR) is 82.2 cm³/mol. The van der Waals surface area contributed by atoms with Gasteiger partial charge < -0.3 is 9.47 Å². The Hall–Kier alpha value is -2.30. The second kappa shape index (κ2) is 8.09. The second-order valence-corrected chi connectivity index (χ2v) is 4.17. The van der Waals surface area contributed by atoms with Gasteiger partial charge in [0.2, 0.25) is 5.88 Å². The summed E-state index contributed by atoms with van der Waals surface area (Å²) >= 11 is 0. The van der Waals surface area contributed by atoms with Crippen molar-refractivity contribution in [1.82, 2.24) is 9.78 Å². The lowest BCUT2D eigenvalue weighted by molar-refractivity contribution is -0.143. The quantitative estimate of drug-likeness (QED) is 0.812. The third kappa shape index (κ3) is 4.34. The van der Waals surface area contributed by atoms with Crippen LogP contribution in [0, 0.1) is 6.92 Å². The summed E-state index contributed by atoms with van der Waals surface area (Å²) in [7, 11) is 3.16. The van der Waals surface area contributed by atoms with Crippen molar-refractivity contribution in [1.29, 1.82) is 0 Å². The van der Waals surface area contributed by atoms with Crippen LogP contribution in [-0.2, 0) is 16.6 Å². The molecule has 0 saturated carbocycles. The smallest absolute Gasteiger partial charge is 0.343 e. The van der Waals surface area contributed by atoms with E-state index in [0.29, 0.717) is 5.88 Å². The molecule has 0 spiro atoms. The number of aryl methyl sites for hydroxylation is 2. The van der Waals surface area contributed by atoms with Crippen LogP contribution in [0.25, 0.3) is 11.3 Å². The minimum Gasteiger partial charge on any atom is -0.466 e. The highest BCUT2D eigenvalue weighted by Gasteiger charge is 2.11. The Morgan fingerprint density at radius 2 is 1.95 bits per heavy atom. The number of hydrogen-bond donors (Lipinski definition) is 0. The molecule has 5 heteroatoms. The fourth-order valence-electron chi connectivity index (χ4n) is 1.82. The van der Waals surface area contributed by atoms with Crippen LogP contribution in [0.1, 0.15) is 19.4 Å². The van der Waals surface area contributed by atoms with Gasteiger partial charge >= 0.3 is 5.97 Å². The topological polar surface area (TPSA) is 53.4 Å². The van der Waals surface area contributed by atoms with Crippen molar-refractivity contribution in [3.63, 3.8) is 0 Å². The highest BCUT2D eigenvalue weighted by atomic mass is 16.6. The SMILES string of the molecule is CC.COC(=O)COc1cc(-c2ccccc2C)n(C)n1. The van der Waals surface area contributed by atoms with Crippen LogP contribution >= 0.6 is 0 Å². The third-order valence-corrected chi connectivity index (χ3v) is 2.84. The Bertz CT molecular complexity index is 591. The lowest BCUT2D eigenvalue weighted by Gasteiger charge is -2.04. The summed E-state index contributed by atoms with van der Waals surface area (Å²) in [5.74, 6) is -0.0192. The standard InChI is InChI=1S/C14H16N2O3.C2H6/c1-10-6-4-5-7-11(10)12-8-13(15-16(12)2)19-9-14(17)18-3;1-2/h4-8H,9H2,1-3H3;1-2H3. The molecule has 114 valence electrons. The van der Waals surface area contributed by atoms with Gasteiger partial charge in [-0.3, -0.25) is 4.68 Å². The molecule has 0 saturated heterocycles. The summed E-state index contributed by atoms with van der Waals surface area (Å²) in [6.45, 7) is 5.90. The van der Waals surface area contributed by atoms with Crippen molar-refractivity contribution < 1.29 is 14.3 Å². The first-order chi connectivity index (χ1) is 10.1. The molecule has 5 nitrogen and oxygen atoms in total. The molecule has 0 fully saturated rings. The Morgan fingerprint density at radius 3 is 2.57 bits per heavy atom. The number of rotatable bonds is 4. The van der Waals surface area contributed by atoms with Crippen LogP contribution in [-0.4, -0.2) is 29.5 Å². The van der Waals surface area contributed by atoms with Gasteiger partial charge in [-0.1, -0.05) is 38.1 Å². The van der Waals surface area contributed by atoms with Crippen molar-refractivity contribution in [3.8, 4) is 17.1 Å². The number of methoxy groups -OCH3 is 1. The number of nitrogens with zero attached hydrogens (tertiary/aromatic N) is 2. The summed E-state index contributed by atoms with van der Waals surface area (Å²) in [6.07, 6.45) is 0. The molecule has 0 unspecified atom stereocenters. The maximum atomic E-state index is 11.0. The van der Waals surface area contributed by atoms with Gasteiger partial charge in [0, 0.05) is 18.7 Å². The van der Waals surface area contributed by atoms with Gasteiger partial charge in [0.15, 0.2) is 6.61 Å². The van der Waals surface area contributed by atoms with Gasteiger partial charge in [-0.2, -0.15) is 0 Å². The second-order valence-electron chi connectivity index (χ2n) is 4.17. The average Bonchev–Trinajstić information content (AvgIpc) is 2.88. The van der Waals surface area contributed by atoms with Crippen LogP contribution < -0.4 is 4.74 Å². The van der Waals surface area contributed by atoms with Crippen molar-refractivity contribution in [2.24, 2.45) is 7.05 Å². The fraction of sp³-hybridized carbons (Fsp3) is 0.375. The van der Waals surface area contributed by atoms with Crippen molar-refractivity contribution >= 4 is 5.97 Å². The molecule has 1 heterocycles. The molecule has 0 atom stereocenters. The van der Waals surface area contributed by atoms with E-state index in [4.69, 9.17) is 4.74 Å². The normalized spacial score (nSPS) is 9.57. The van der Waals surface area contributed by atoms with Crippen LogP contribution in [0.5, 0.6) is 5.88 Å². The first-order valence-corrected chi connectivity index (χ1v) is 6.91. The molecule has 1 aromatic heterocycles. The Balaban J connectivity index is 0.00000106. The van der Waals surface area contributed by atoms with E-state index in [-0.39, 0.29) is 6.61 Å². The Labute approximate surface area is 125 Å². The molecular formula is C16H22N2O3. The van der Waals surface area contributed by atoms with Gasteiger partial charge in [-0.25, -0.2) is 4.79 Å². The average molecular weight is 290 g/mol. The molecular weight excluding hydrogens is 268 g/mol. The molecule has 0 aliphatic carbocycles. The minimum absolute atomic E-state index is 0.138. The zero-order chi connectivity index (χ0) is 15.8. The van der Waals surface area contributed by atoms with Gasteiger partial charge in [-0.15, -0.1) is 5.10 Å². The molecule has 0 aliphatic heterocycles. The summed E-state index contributed by atoms with van der Waals surface area (Å²) in [5.41, 5.74) is 3.19. The highest BCUT2D eigenvalue weighted by Crippen LogP contribution is 2.25. The zero-order valence-electron chi connectivity index (χ0n) is 13.2. The van der Waals surface area contributed by atoms with Crippen LogP contribution in [0.15, 0.2) is 30.3 Å². The summed E-state index contributed by atoms with van der Waals surface area (Å²) in [6, 6.07) is 9.84. The third-order valence-electron chi connectivity index (χ3n) is 2.84. The number of aromatic nitrogens is 2. The maximum Gasteiger partial charge on any atom is 0.343 e. The van der Waals surface area contributed by atoms with Gasteiger partial charge in [0.25, 0.3) is 0 Å². The molecule has 1 aromatic carbocycles. The fourth-order valence-corrected chi connectivity index (χ4v) is 1.82. The molecule has 2 rings (SSSR count). The maximum absolute atomic E-state index is 11.0. The Kier molecular flexibility index (Phi) is 6.46. The van der Waals surface area contributed by atoms with Crippen molar-refractivity contribution in [2.45, 2.75) is 20.8 Å². The van der Waals surface area contributed by atoms with Crippen molar-refractivity contribution in [3.05, 3.63) is 35.9 Å². The van der Waals surface area contributed by atoms with E-state index in [1.165, 1.54) is 7.11 Å². The van der Waals surface area contributed by atoms with Crippen molar-refractivity contribution in [2.75, 3.05) is 13.7 Å². The first kappa shape index (κ1) is 16.8. The molecule has 0 N–H and O–H groups in total. The number of ether oxygens (including phenoxy) is 2. The van der Waals surface area contributed by atoms with E-state index in [2.05, 4.69) is 9.84 Å². The summed E-state index contributed by atoms with van der Waals surface area (Å²) in [4.78, 5) is 11.0. The molecule has 0 aliphatic rings. The summed E-state index contributed by atoms with van der Waals surface area (Å²) < 4.78 is 11.5. The van der Waals surface area contributed by atoms with Crippen LogP contribution in [0.3, 0.4) is 0 Å². The largest absolute Gasteiger partial charge is 0.466 e. The van der Waals surface area contributed by atoms with E-state index in [1.54, 1.807) is 4.68 Å². The molecule has 0 amide bonds. The monoisotopic (exact) mass is 290 g/mol. The van der Waals surface area contributed by atoms with E-state index in [0.717, 1.165) is 16.8 Å². The van der Waals surface area contributed by atoms with Crippen LogP contribution in [0.4, 0.5) is 0 Å². The first-order valence-electron chi connectivity index (χ1n) is 6.91. The molecule has 21 heavy (non-hydrogen) atoms. The lowest BCUT2D eigenvalue weighted by Crippen LogP contribution is -2.12. The van der Waals surface area contributed by atoms with Gasteiger partial charge in [-0.05, 0) is 12.5 Å². The highest BCUT2D eigenvalue weighted by molar-refractivity contribution is 5.71. The van der Waals surface area contributed by atoms with E-state index < -0.39 is 5.97 Å². The number of carbonyl (C=O) groups is 1. The van der Waals surface area contributed by atoms with E-state index in [9.17, 15) is 4.79 Å². The van der Waals surface area contributed by atoms with E-state index >= 15 is 0 Å². The predicted octanol–water partition coefficient (Wildman–Crippen LogP) is 2.97. The number of carbonyl (C=O) groups excluding carboxylic acids is 1. The minimum atomic E-state index is -0.428. The summed E-state index contributed by atoms with van der Waals surface area (Å²) in [5, 5.41) is 4.22. The number of esters is 1. The Morgan fingerprint density at radius 1 is 1.29 bits per heavy atom. The number of benzene rings is 1. The lowest BCUT2D eigenvalue weighted by atomic mass is 10.1.